The highest BCUT2D eigenvalue weighted by Gasteiger charge is 2.56. The molecule has 5 atom stereocenters. The lowest BCUT2D eigenvalue weighted by Gasteiger charge is -2.34. The molecule has 0 bridgehead atoms. The zero-order valence-electron chi connectivity index (χ0n) is 18.3. The molecule has 2 aromatic carbocycles. The Balaban J connectivity index is 1.71. The van der Waals surface area contributed by atoms with E-state index in [0.29, 0.717) is 0 Å². The van der Waals surface area contributed by atoms with Crippen molar-refractivity contribution in [2.75, 3.05) is 0 Å². The second-order valence-electron chi connectivity index (χ2n) is 8.50. The topological polar surface area (TPSA) is 52.6 Å². The minimum absolute atomic E-state index is 0.0575. The summed E-state index contributed by atoms with van der Waals surface area (Å²) in [4.78, 5) is 25.9. The summed E-state index contributed by atoms with van der Waals surface area (Å²) in [5, 5.41) is -0.0627. The fourth-order valence-electron chi connectivity index (χ4n) is 4.10. The Labute approximate surface area is 190 Å². The van der Waals surface area contributed by atoms with Gasteiger partial charge < -0.3 is 9.47 Å². The van der Waals surface area contributed by atoms with Crippen molar-refractivity contribution < 1.29 is 19.1 Å². The van der Waals surface area contributed by atoms with Crippen LogP contribution in [0, 0.1) is 11.3 Å². The molecule has 2 radical (unpaired) electrons. The van der Waals surface area contributed by atoms with E-state index in [9.17, 15) is 9.59 Å². The molecule has 0 N–H and O–H groups in total. The van der Waals surface area contributed by atoms with Crippen LogP contribution in [0.25, 0.3) is 0 Å². The fourth-order valence-corrected chi connectivity index (χ4v) is 5.94. The quantitative estimate of drug-likeness (QED) is 0.432. The maximum Gasteiger partial charge on any atom is 0.310 e. The van der Waals surface area contributed by atoms with Crippen molar-refractivity contribution in [2.45, 2.75) is 56.7 Å². The summed E-state index contributed by atoms with van der Waals surface area (Å²) < 4.78 is 11.2. The number of ether oxygens (including phenoxy) is 2. The summed E-state index contributed by atoms with van der Waals surface area (Å²) in [5.41, 5.74) is 1.25. The molecular weight excluding hydrogens is 407 g/mol. The predicted octanol–water partition coefficient (Wildman–Crippen LogP) is 4.97. The van der Waals surface area contributed by atoms with Crippen LogP contribution in [-0.2, 0) is 32.3 Å². The van der Waals surface area contributed by atoms with Gasteiger partial charge in [0.05, 0.1) is 20.2 Å². The Morgan fingerprint density at radius 3 is 2.03 bits per heavy atom. The van der Waals surface area contributed by atoms with Crippen LogP contribution in [0.2, 0.25) is 5.82 Å². The average Bonchev–Trinajstić information content (AvgIpc) is 3.02. The SMILES string of the molecule is [B][C@H](C)C1SC(C)[C@@](C)(CC(=O)OCc2ccccc2)C1C(=O)OCc1ccccc1. The second-order valence-corrected chi connectivity index (χ2v) is 10.0. The number of rotatable bonds is 8. The van der Waals surface area contributed by atoms with Crippen LogP contribution in [0.3, 0.4) is 0 Å². The highest BCUT2D eigenvalue weighted by atomic mass is 32.2. The van der Waals surface area contributed by atoms with E-state index in [1.165, 1.54) is 0 Å². The van der Waals surface area contributed by atoms with Gasteiger partial charge in [0, 0.05) is 15.9 Å². The molecule has 1 heterocycles. The second kappa shape index (κ2) is 10.4. The number of carbonyl (C=O) groups excluding carboxylic acids is 2. The molecule has 3 rings (SSSR count). The molecule has 0 aliphatic carbocycles. The molecule has 1 saturated heterocycles. The van der Waals surface area contributed by atoms with E-state index in [1.54, 1.807) is 11.8 Å². The lowest BCUT2D eigenvalue weighted by Crippen LogP contribution is -2.42. The Morgan fingerprint density at radius 1 is 1.00 bits per heavy atom. The van der Waals surface area contributed by atoms with Gasteiger partial charge in [-0.1, -0.05) is 87.3 Å². The van der Waals surface area contributed by atoms with Crippen molar-refractivity contribution in [3.63, 3.8) is 0 Å². The standard InChI is InChI=1S/C25H29BO4S/c1-17(26)23-22(24(28)30-16-20-12-8-5-9-13-20)25(3,18(2)31-23)14-21(27)29-15-19-10-6-4-7-11-19/h4-13,17-18,22-23H,14-16H2,1-3H3/t17-,18?,22?,23?,25-/m1/s1. The minimum Gasteiger partial charge on any atom is -0.461 e. The largest absolute Gasteiger partial charge is 0.461 e. The number of thioether (sulfide) groups is 1. The van der Waals surface area contributed by atoms with Crippen molar-refractivity contribution in [2.24, 2.45) is 11.3 Å². The van der Waals surface area contributed by atoms with E-state index in [4.69, 9.17) is 17.3 Å². The first-order valence-corrected chi connectivity index (χ1v) is 11.6. The lowest BCUT2D eigenvalue weighted by molar-refractivity contribution is -0.157. The van der Waals surface area contributed by atoms with Gasteiger partial charge >= 0.3 is 11.9 Å². The summed E-state index contributed by atoms with van der Waals surface area (Å²) >= 11 is 1.66. The molecule has 0 spiro atoms. The maximum atomic E-state index is 13.2. The third-order valence-electron chi connectivity index (χ3n) is 6.09. The van der Waals surface area contributed by atoms with Crippen molar-refractivity contribution in [3.8, 4) is 0 Å². The van der Waals surface area contributed by atoms with Crippen molar-refractivity contribution in [3.05, 3.63) is 71.8 Å². The number of carbonyl (C=O) groups is 2. The van der Waals surface area contributed by atoms with E-state index < -0.39 is 11.3 Å². The monoisotopic (exact) mass is 436 g/mol. The lowest BCUT2D eigenvalue weighted by atomic mass is 9.66. The molecular formula is C25H29BO4S. The molecule has 3 unspecified atom stereocenters. The fraction of sp³-hybridized carbons (Fsp3) is 0.440. The van der Waals surface area contributed by atoms with Gasteiger partial charge in [0.1, 0.15) is 13.2 Å². The third kappa shape index (κ3) is 5.73. The zero-order chi connectivity index (χ0) is 22.4. The highest BCUT2D eigenvalue weighted by Crippen LogP contribution is 2.56. The summed E-state index contributed by atoms with van der Waals surface area (Å²) in [6, 6.07) is 19.2. The first-order valence-electron chi connectivity index (χ1n) is 10.6. The van der Waals surface area contributed by atoms with Crippen LogP contribution in [-0.4, -0.2) is 30.3 Å². The van der Waals surface area contributed by atoms with E-state index in [1.807, 2.05) is 74.5 Å². The van der Waals surface area contributed by atoms with E-state index in [0.717, 1.165) is 11.1 Å². The van der Waals surface area contributed by atoms with Gasteiger partial charge in [-0.3, -0.25) is 9.59 Å². The Morgan fingerprint density at radius 2 is 1.52 bits per heavy atom. The van der Waals surface area contributed by atoms with Crippen molar-refractivity contribution >= 4 is 31.5 Å². The minimum atomic E-state index is -0.607. The van der Waals surface area contributed by atoms with Crippen LogP contribution in [0.1, 0.15) is 38.3 Å². The van der Waals surface area contributed by atoms with Crippen molar-refractivity contribution in [1.29, 1.82) is 0 Å². The normalized spacial score (nSPS) is 26.2. The number of benzene rings is 2. The van der Waals surface area contributed by atoms with Gasteiger partial charge in [-0.05, 0) is 11.1 Å². The van der Waals surface area contributed by atoms with Gasteiger partial charge in [-0.2, -0.15) is 11.8 Å². The maximum absolute atomic E-state index is 13.2. The van der Waals surface area contributed by atoms with Crippen LogP contribution >= 0.6 is 11.8 Å². The molecule has 0 aromatic heterocycles. The number of hydrogen-bond acceptors (Lipinski definition) is 5. The van der Waals surface area contributed by atoms with Gasteiger partial charge in [0.25, 0.3) is 0 Å². The van der Waals surface area contributed by atoms with Gasteiger partial charge in [-0.15, -0.1) is 0 Å². The Kier molecular flexibility index (Phi) is 7.87. The first kappa shape index (κ1) is 23.5. The van der Waals surface area contributed by atoms with Crippen molar-refractivity contribution in [1.82, 2.24) is 0 Å². The van der Waals surface area contributed by atoms with Gasteiger partial charge in [0.15, 0.2) is 0 Å². The molecule has 4 nitrogen and oxygen atoms in total. The Bertz CT molecular complexity index is 874. The van der Waals surface area contributed by atoms with Crippen LogP contribution in [0.4, 0.5) is 0 Å². The molecule has 1 aliphatic heterocycles. The third-order valence-corrected chi connectivity index (χ3v) is 8.06. The molecule has 6 heteroatoms. The average molecular weight is 436 g/mol. The van der Waals surface area contributed by atoms with E-state index in [2.05, 4.69) is 6.92 Å². The summed E-state index contributed by atoms with van der Waals surface area (Å²) in [5.74, 6) is -1.31. The molecule has 0 amide bonds. The molecule has 2 aromatic rings. The molecule has 162 valence electrons. The number of hydrogen-bond donors (Lipinski definition) is 0. The van der Waals surface area contributed by atoms with Gasteiger partial charge in [0.2, 0.25) is 0 Å². The van der Waals surface area contributed by atoms with Crippen LogP contribution in [0.15, 0.2) is 60.7 Å². The molecule has 0 saturated carbocycles. The zero-order valence-corrected chi connectivity index (χ0v) is 19.1. The summed E-state index contributed by atoms with van der Waals surface area (Å²) in [6.45, 7) is 6.36. The van der Waals surface area contributed by atoms with E-state index >= 15 is 0 Å². The molecule has 31 heavy (non-hydrogen) atoms. The van der Waals surface area contributed by atoms with Crippen LogP contribution < -0.4 is 0 Å². The van der Waals surface area contributed by atoms with Crippen LogP contribution in [0.5, 0.6) is 0 Å². The highest BCUT2D eigenvalue weighted by molar-refractivity contribution is 8.01. The summed E-state index contributed by atoms with van der Waals surface area (Å²) in [7, 11) is 6.24. The predicted molar refractivity (Wildman–Crippen MR) is 125 cm³/mol. The van der Waals surface area contributed by atoms with E-state index in [-0.39, 0.29) is 47.9 Å². The smallest absolute Gasteiger partial charge is 0.310 e. The summed E-state index contributed by atoms with van der Waals surface area (Å²) in [6.07, 6.45) is 0.141. The van der Waals surface area contributed by atoms with Gasteiger partial charge in [-0.25, -0.2) is 0 Å². The molecule has 1 aliphatic rings. The molecule has 1 fully saturated rings. The number of esters is 2. The first-order chi connectivity index (χ1) is 14.8. The Hall–Kier alpha value is -2.21.